The lowest BCUT2D eigenvalue weighted by molar-refractivity contribution is 0.609. The van der Waals surface area contributed by atoms with Crippen molar-refractivity contribution in [3.63, 3.8) is 0 Å². The smallest absolute Gasteiger partial charge is 0.0948 e. The number of nitrogens with one attached hydrogen (secondary N) is 1. The Kier molecular flexibility index (Phi) is 4.97. The van der Waals surface area contributed by atoms with Gasteiger partial charge < -0.3 is 9.88 Å². The third kappa shape index (κ3) is 3.70. The molecule has 1 N–H and O–H groups in total. The van der Waals surface area contributed by atoms with Crippen molar-refractivity contribution in [2.24, 2.45) is 0 Å². The molecule has 0 saturated heterocycles. The first kappa shape index (κ1) is 12.8. The number of imidazole rings is 1. The predicted molar refractivity (Wildman–Crippen MR) is 74.4 cm³/mol. The summed E-state index contributed by atoms with van der Waals surface area (Å²) in [6.45, 7) is 5.08. The second-order valence-corrected chi connectivity index (χ2v) is 4.44. The lowest BCUT2D eigenvalue weighted by Gasteiger charge is -2.07. The zero-order valence-electron chi connectivity index (χ0n) is 11.0. The van der Waals surface area contributed by atoms with Gasteiger partial charge in [-0.15, -0.1) is 0 Å². The van der Waals surface area contributed by atoms with Crippen molar-refractivity contribution in [3.05, 3.63) is 54.1 Å². The van der Waals surface area contributed by atoms with Crippen LogP contribution in [0.5, 0.6) is 0 Å². The molecule has 0 atom stereocenters. The van der Waals surface area contributed by atoms with E-state index in [0.29, 0.717) is 0 Å². The molecule has 0 aliphatic rings. The molecule has 0 amide bonds. The minimum Gasteiger partial charge on any atom is -0.334 e. The number of rotatable bonds is 7. The normalized spacial score (nSPS) is 10.7. The van der Waals surface area contributed by atoms with E-state index in [1.165, 1.54) is 17.7 Å². The molecular weight excluding hydrogens is 222 g/mol. The molecule has 0 aliphatic heterocycles. The van der Waals surface area contributed by atoms with Gasteiger partial charge in [-0.1, -0.05) is 30.3 Å². The van der Waals surface area contributed by atoms with Gasteiger partial charge in [-0.3, -0.25) is 0 Å². The Hall–Kier alpha value is -1.61. The summed E-state index contributed by atoms with van der Waals surface area (Å²) in [7, 11) is 0. The highest BCUT2D eigenvalue weighted by Gasteiger charge is 1.99. The van der Waals surface area contributed by atoms with Gasteiger partial charge in [0.2, 0.25) is 0 Å². The molecule has 0 saturated carbocycles. The fourth-order valence-electron chi connectivity index (χ4n) is 2.06. The molecule has 18 heavy (non-hydrogen) atoms. The van der Waals surface area contributed by atoms with Gasteiger partial charge in [0, 0.05) is 19.3 Å². The molecular formula is C15H21N3. The number of nitrogens with zero attached hydrogens (tertiary/aromatic N) is 2. The van der Waals surface area contributed by atoms with Crippen LogP contribution in [0.15, 0.2) is 42.9 Å². The zero-order valence-corrected chi connectivity index (χ0v) is 11.0. The molecule has 0 fully saturated rings. The molecule has 1 aromatic carbocycles. The third-order valence-electron chi connectivity index (χ3n) is 3.11. The summed E-state index contributed by atoms with van der Waals surface area (Å²) < 4.78 is 2.17. The number of aryl methyl sites for hydroxylation is 2. The number of aromatic nitrogens is 2. The van der Waals surface area contributed by atoms with E-state index in [0.717, 1.165) is 26.1 Å². The van der Waals surface area contributed by atoms with Crippen LogP contribution in [0.4, 0.5) is 0 Å². The van der Waals surface area contributed by atoms with Crippen LogP contribution in [0.2, 0.25) is 0 Å². The Bertz CT molecular complexity index is 448. The highest BCUT2D eigenvalue weighted by molar-refractivity contribution is 5.14. The molecule has 1 aromatic heterocycles. The van der Waals surface area contributed by atoms with Crippen molar-refractivity contribution in [1.29, 1.82) is 0 Å². The van der Waals surface area contributed by atoms with Crippen LogP contribution in [-0.4, -0.2) is 16.1 Å². The summed E-state index contributed by atoms with van der Waals surface area (Å²) in [4.78, 5) is 4.16. The van der Waals surface area contributed by atoms with Crippen LogP contribution in [0.1, 0.15) is 24.6 Å². The fraction of sp³-hybridized carbons (Fsp3) is 0.400. The summed E-state index contributed by atoms with van der Waals surface area (Å²) in [5.41, 5.74) is 2.68. The van der Waals surface area contributed by atoms with E-state index < -0.39 is 0 Å². The van der Waals surface area contributed by atoms with E-state index in [2.05, 4.69) is 52.1 Å². The van der Waals surface area contributed by atoms with E-state index >= 15 is 0 Å². The van der Waals surface area contributed by atoms with E-state index in [4.69, 9.17) is 0 Å². The molecule has 0 spiro atoms. The van der Waals surface area contributed by atoms with Crippen LogP contribution in [0, 0.1) is 0 Å². The van der Waals surface area contributed by atoms with Crippen molar-refractivity contribution < 1.29 is 0 Å². The van der Waals surface area contributed by atoms with Crippen LogP contribution >= 0.6 is 0 Å². The average molecular weight is 243 g/mol. The van der Waals surface area contributed by atoms with Crippen molar-refractivity contribution in [2.45, 2.75) is 32.9 Å². The van der Waals surface area contributed by atoms with E-state index in [9.17, 15) is 0 Å². The van der Waals surface area contributed by atoms with Gasteiger partial charge in [-0.2, -0.15) is 0 Å². The largest absolute Gasteiger partial charge is 0.334 e. The van der Waals surface area contributed by atoms with Gasteiger partial charge in [0.25, 0.3) is 0 Å². The van der Waals surface area contributed by atoms with Crippen LogP contribution in [-0.2, 0) is 19.5 Å². The number of hydrogen-bond acceptors (Lipinski definition) is 2. The number of hydrogen-bond donors (Lipinski definition) is 1. The first-order valence-electron chi connectivity index (χ1n) is 6.64. The molecule has 1 heterocycles. The molecule has 2 aromatic rings. The predicted octanol–water partition coefficient (Wildman–Crippen LogP) is 2.63. The Morgan fingerprint density at radius 2 is 2.06 bits per heavy atom. The van der Waals surface area contributed by atoms with Gasteiger partial charge in [-0.05, 0) is 31.9 Å². The Morgan fingerprint density at radius 1 is 1.22 bits per heavy atom. The minimum absolute atomic E-state index is 0.905. The molecule has 2 rings (SSSR count). The lowest BCUT2D eigenvalue weighted by Crippen LogP contribution is -2.17. The van der Waals surface area contributed by atoms with E-state index in [1.54, 1.807) is 0 Å². The summed E-state index contributed by atoms with van der Waals surface area (Å²) in [6.07, 6.45) is 6.14. The highest BCUT2D eigenvalue weighted by Crippen LogP contribution is 2.02. The third-order valence-corrected chi connectivity index (χ3v) is 3.11. The summed E-state index contributed by atoms with van der Waals surface area (Å²) in [5.74, 6) is 0. The molecule has 0 bridgehead atoms. The molecule has 0 radical (unpaired) electrons. The highest BCUT2D eigenvalue weighted by atomic mass is 15.1. The summed E-state index contributed by atoms with van der Waals surface area (Å²) in [6, 6.07) is 10.6. The van der Waals surface area contributed by atoms with Gasteiger partial charge in [0.15, 0.2) is 0 Å². The molecule has 0 aliphatic carbocycles. The second-order valence-electron chi connectivity index (χ2n) is 4.44. The molecule has 96 valence electrons. The topological polar surface area (TPSA) is 29.9 Å². The monoisotopic (exact) mass is 243 g/mol. The Morgan fingerprint density at radius 3 is 2.83 bits per heavy atom. The second kappa shape index (κ2) is 6.97. The van der Waals surface area contributed by atoms with Crippen molar-refractivity contribution >= 4 is 0 Å². The maximum Gasteiger partial charge on any atom is 0.0948 e. The molecule has 3 nitrogen and oxygen atoms in total. The molecule has 3 heteroatoms. The van der Waals surface area contributed by atoms with Crippen LogP contribution in [0.25, 0.3) is 0 Å². The first-order chi connectivity index (χ1) is 8.90. The van der Waals surface area contributed by atoms with Gasteiger partial charge in [0.05, 0.1) is 12.0 Å². The van der Waals surface area contributed by atoms with Crippen LogP contribution in [0.3, 0.4) is 0 Å². The van der Waals surface area contributed by atoms with Crippen molar-refractivity contribution in [2.75, 3.05) is 6.54 Å². The van der Waals surface area contributed by atoms with Crippen LogP contribution < -0.4 is 5.32 Å². The SMILES string of the molecule is CCn1cncc1CNCCCc1ccccc1. The maximum absolute atomic E-state index is 4.16. The Balaban J connectivity index is 1.65. The fourth-order valence-corrected chi connectivity index (χ4v) is 2.06. The zero-order chi connectivity index (χ0) is 12.6. The molecule has 0 unspecified atom stereocenters. The summed E-state index contributed by atoms with van der Waals surface area (Å²) in [5, 5.41) is 3.47. The van der Waals surface area contributed by atoms with Gasteiger partial charge in [-0.25, -0.2) is 4.98 Å². The lowest BCUT2D eigenvalue weighted by atomic mass is 10.1. The first-order valence-corrected chi connectivity index (χ1v) is 6.64. The minimum atomic E-state index is 0.905. The Labute approximate surface area is 109 Å². The van der Waals surface area contributed by atoms with E-state index in [-0.39, 0.29) is 0 Å². The standard InChI is InChI=1S/C15H21N3/c1-2-18-13-17-12-15(18)11-16-10-6-9-14-7-4-3-5-8-14/h3-5,7-8,12-13,16H,2,6,9-11H2,1H3. The van der Waals surface area contributed by atoms with E-state index in [1.807, 2.05) is 12.5 Å². The van der Waals surface area contributed by atoms with Crippen molar-refractivity contribution in [1.82, 2.24) is 14.9 Å². The average Bonchev–Trinajstić information content (AvgIpc) is 2.87. The summed E-state index contributed by atoms with van der Waals surface area (Å²) >= 11 is 0. The maximum atomic E-state index is 4.16. The quantitative estimate of drug-likeness (QED) is 0.758. The van der Waals surface area contributed by atoms with Crippen molar-refractivity contribution in [3.8, 4) is 0 Å². The number of benzene rings is 1. The van der Waals surface area contributed by atoms with Gasteiger partial charge in [0.1, 0.15) is 0 Å². The van der Waals surface area contributed by atoms with Gasteiger partial charge >= 0.3 is 0 Å².